The van der Waals surface area contributed by atoms with Gasteiger partial charge in [-0.2, -0.15) is 0 Å². The fraction of sp³-hybridized carbons (Fsp3) is 0.227. The average Bonchev–Trinajstić information content (AvgIpc) is 3.10. The Morgan fingerprint density at radius 2 is 1.86 bits per heavy atom. The van der Waals surface area contributed by atoms with Gasteiger partial charge in [0, 0.05) is 23.2 Å². The molecule has 1 aliphatic rings. The number of benzene rings is 2. The van der Waals surface area contributed by atoms with E-state index in [1.807, 2.05) is 25.1 Å². The van der Waals surface area contributed by atoms with Crippen LogP contribution in [0.25, 0.3) is 0 Å². The fourth-order valence-corrected chi connectivity index (χ4v) is 3.32. The predicted molar refractivity (Wildman–Crippen MR) is 113 cm³/mol. The Hall–Kier alpha value is -3.61. The smallest absolute Gasteiger partial charge is 0.240 e. The van der Waals surface area contributed by atoms with Crippen molar-refractivity contribution in [3.05, 3.63) is 71.1 Å². The number of hydrogen-bond donors (Lipinski definition) is 2. The highest BCUT2D eigenvalue weighted by Crippen LogP contribution is 2.31. The van der Waals surface area contributed by atoms with Gasteiger partial charge in [-0.05, 0) is 37.6 Å². The number of nitrogens with two attached hydrogens (primary N) is 2. The summed E-state index contributed by atoms with van der Waals surface area (Å²) in [5, 5.41) is 0. The molecule has 0 radical (unpaired) electrons. The van der Waals surface area contributed by atoms with Crippen LogP contribution in [-0.2, 0) is 4.79 Å². The molecule has 1 unspecified atom stereocenters. The minimum Gasteiger partial charge on any atom is -0.497 e. The molecule has 0 saturated heterocycles. The van der Waals surface area contributed by atoms with Crippen molar-refractivity contribution in [2.24, 2.45) is 16.5 Å². The van der Waals surface area contributed by atoms with Crippen LogP contribution in [0.4, 0.5) is 5.69 Å². The molecule has 1 aliphatic heterocycles. The Morgan fingerprint density at radius 3 is 2.45 bits per heavy atom. The van der Waals surface area contributed by atoms with Gasteiger partial charge in [-0.3, -0.25) is 9.59 Å². The molecule has 0 saturated carbocycles. The van der Waals surface area contributed by atoms with E-state index in [4.69, 9.17) is 16.2 Å². The van der Waals surface area contributed by atoms with Crippen molar-refractivity contribution in [2.45, 2.75) is 26.3 Å². The van der Waals surface area contributed by atoms with E-state index < -0.39 is 11.9 Å². The third kappa shape index (κ3) is 3.99. The summed E-state index contributed by atoms with van der Waals surface area (Å²) in [5.41, 5.74) is 14.3. The third-order valence-electron chi connectivity index (χ3n) is 4.94. The van der Waals surface area contributed by atoms with Gasteiger partial charge in [-0.15, -0.1) is 0 Å². The van der Waals surface area contributed by atoms with E-state index in [-0.39, 0.29) is 18.0 Å². The summed E-state index contributed by atoms with van der Waals surface area (Å²) in [7, 11) is 1.59. The quantitative estimate of drug-likeness (QED) is 0.734. The van der Waals surface area contributed by atoms with E-state index in [0.29, 0.717) is 22.7 Å². The Labute approximate surface area is 169 Å². The van der Waals surface area contributed by atoms with Crippen molar-refractivity contribution < 1.29 is 14.3 Å². The standard InChI is InChI=1S/C22H24N4O3/c1-13-11-16(29-3)9-10-18(13)26(14(2)22(24)28)19-12-17(21(23)25-19)20(27)15-7-5-4-6-8-15/h4-11,14H,12,23H2,1-3H3,(H2,24,28). The number of aliphatic imine (C=N–C) groups is 1. The fourth-order valence-electron chi connectivity index (χ4n) is 3.32. The number of Topliss-reactive ketones (excluding diaryl/α,β-unsaturated/α-hetero) is 1. The molecule has 0 bridgehead atoms. The lowest BCUT2D eigenvalue weighted by atomic mass is 10.0. The van der Waals surface area contributed by atoms with Crippen LogP contribution in [-0.4, -0.2) is 30.7 Å². The molecule has 29 heavy (non-hydrogen) atoms. The van der Waals surface area contributed by atoms with Gasteiger partial charge in [-0.25, -0.2) is 4.99 Å². The van der Waals surface area contributed by atoms with E-state index in [2.05, 4.69) is 4.99 Å². The molecule has 4 N–H and O–H groups in total. The topological polar surface area (TPSA) is 111 Å². The molecule has 0 fully saturated rings. The van der Waals surface area contributed by atoms with Gasteiger partial charge in [0.1, 0.15) is 23.4 Å². The summed E-state index contributed by atoms with van der Waals surface area (Å²) >= 11 is 0. The number of anilines is 1. The van der Waals surface area contributed by atoms with Gasteiger partial charge >= 0.3 is 0 Å². The van der Waals surface area contributed by atoms with Gasteiger partial charge in [-0.1, -0.05) is 30.3 Å². The average molecular weight is 392 g/mol. The van der Waals surface area contributed by atoms with Crippen LogP contribution < -0.4 is 21.1 Å². The molecule has 1 atom stereocenters. The maximum Gasteiger partial charge on any atom is 0.240 e. The van der Waals surface area contributed by atoms with E-state index in [0.717, 1.165) is 11.3 Å². The van der Waals surface area contributed by atoms with Gasteiger partial charge in [0.25, 0.3) is 0 Å². The van der Waals surface area contributed by atoms with Crippen molar-refractivity contribution in [1.29, 1.82) is 0 Å². The predicted octanol–water partition coefficient (Wildman–Crippen LogP) is 2.54. The van der Waals surface area contributed by atoms with Crippen LogP contribution in [0.2, 0.25) is 0 Å². The van der Waals surface area contributed by atoms with Crippen molar-refractivity contribution >= 4 is 23.2 Å². The molecule has 1 heterocycles. The molecule has 3 rings (SSSR count). The summed E-state index contributed by atoms with van der Waals surface area (Å²) in [6.07, 6.45) is 0.211. The van der Waals surface area contributed by atoms with Crippen molar-refractivity contribution in [3.8, 4) is 5.75 Å². The van der Waals surface area contributed by atoms with E-state index in [1.165, 1.54) is 0 Å². The molecule has 7 heteroatoms. The molecule has 0 spiro atoms. The zero-order valence-electron chi connectivity index (χ0n) is 16.7. The number of amidine groups is 1. The number of ether oxygens (including phenoxy) is 1. The summed E-state index contributed by atoms with van der Waals surface area (Å²) in [6, 6.07) is 13.7. The molecule has 2 aromatic carbocycles. The lowest BCUT2D eigenvalue weighted by Crippen LogP contribution is -2.46. The number of amides is 1. The van der Waals surface area contributed by atoms with Gasteiger partial charge in [0.05, 0.1) is 7.11 Å². The van der Waals surface area contributed by atoms with Crippen LogP contribution in [0.15, 0.2) is 64.9 Å². The minimum atomic E-state index is -0.681. The number of rotatable bonds is 6. The number of methoxy groups -OCH3 is 1. The third-order valence-corrected chi connectivity index (χ3v) is 4.94. The molecular formula is C22H24N4O3. The van der Waals surface area contributed by atoms with E-state index in [9.17, 15) is 9.59 Å². The normalized spacial score (nSPS) is 14.4. The van der Waals surface area contributed by atoms with Crippen LogP contribution in [0, 0.1) is 6.92 Å². The van der Waals surface area contributed by atoms with Crippen LogP contribution in [0.3, 0.4) is 0 Å². The lowest BCUT2D eigenvalue weighted by molar-refractivity contribution is -0.118. The second kappa shape index (κ2) is 8.18. The Kier molecular flexibility index (Phi) is 5.68. The number of carbonyl (C=O) groups excluding carboxylic acids is 2. The summed E-state index contributed by atoms with van der Waals surface area (Å²) in [4.78, 5) is 31.0. The number of aryl methyl sites for hydroxylation is 1. The van der Waals surface area contributed by atoms with Crippen LogP contribution in [0.5, 0.6) is 5.75 Å². The first-order valence-corrected chi connectivity index (χ1v) is 9.22. The number of nitrogens with zero attached hydrogens (tertiary/aromatic N) is 2. The van der Waals surface area contributed by atoms with Crippen molar-refractivity contribution in [3.63, 3.8) is 0 Å². The first-order valence-electron chi connectivity index (χ1n) is 9.22. The zero-order valence-corrected chi connectivity index (χ0v) is 16.7. The van der Waals surface area contributed by atoms with Crippen molar-refractivity contribution in [2.75, 3.05) is 12.0 Å². The van der Waals surface area contributed by atoms with Crippen molar-refractivity contribution in [1.82, 2.24) is 0 Å². The molecular weight excluding hydrogens is 368 g/mol. The number of ketones is 1. The van der Waals surface area contributed by atoms with E-state index >= 15 is 0 Å². The maximum atomic E-state index is 12.9. The molecule has 0 aliphatic carbocycles. The Morgan fingerprint density at radius 1 is 1.17 bits per heavy atom. The van der Waals surface area contributed by atoms with Crippen LogP contribution >= 0.6 is 0 Å². The van der Waals surface area contributed by atoms with E-state index in [1.54, 1.807) is 49.3 Å². The summed E-state index contributed by atoms with van der Waals surface area (Å²) in [6.45, 7) is 3.60. The molecule has 7 nitrogen and oxygen atoms in total. The van der Waals surface area contributed by atoms with Gasteiger partial charge < -0.3 is 21.1 Å². The highest BCUT2D eigenvalue weighted by atomic mass is 16.5. The summed E-state index contributed by atoms with van der Waals surface area (Å²) in [5.74, 6) is 0.663. The highest BCUT2D eigenvalue weighted by Gasteiger charge is 2.32. The SMILES string of the molecule is COc1ccc(N(C2=NC(N)=C(C(=O)c3ccccc3)C2)C(C)C(N)=O)c(C)c1. The lowest BCUT2D eigenvalue weighted by Gasteiger charge is -2.30. The monoisotopic (exact) mass is 392 g/mol. The van der Waals surface area contributed by atoms with Crippen LogP contribution in [0.1, 0.15) is 29.3 Å². The first-order chi connectivity index (χ1) is 13.8. The zero-order chi connectivity index (χ0) is 21.1. The number of primary amides is 1. The van der Waals surface area contributed by atoms with Gasteiger partial charge in [0.15, 0.2) is 5.78 Å². The maximum absolute atomic E-state index is 12.9. The second-order valence-electron chi connectivity index (χ2n) is 6.86. The second-order valence-corrected chi connectivity index (χ2v) is 6.86. The summed E-state index contributed by atoms with van der Waals surface area (Å²) < 4.78 is 5.26. The Bertz CT molecular complexity index is 1010. The Balaban J connectivity index is 1.96. The minimum absolute atomic E-state index is 0.154. The molecule has 1 amide bonds. The molecule has 2 aromatic rings. The molecule has 0 aromatic heterocycles. The molecule has 150 valence electrons. The van der Waals surface area contributed by atoms with Gasteiger partial charge in [0.2, 0.25) is 5.91 Å². The number of carbonyl (C=O) groups is 2. The first kappa shape index (κ1) is 20.1. The highest BCUT2D eigenvalue weighted by molar-refractivity contribution is 6.16. The largest absolute Gasteiger partial charge is 0.497 e. The number of hydrogen-bond acceptors (Lipinski definition) is 6.